The molecule has 0 atom stereocenters. The van der Waals surface area contributed by atoms with Gasteiger partial charge in [-0.3, -0.25) is 0 Å². The maximum absolute atomic E-state index is 11.4. The molecule has 0 aliphatic carbocycles. The molecule has 5 nitrogen and oxygen atoms in total. The van der Waals surface area contributed by atoms with Crippen molar-refractivity contribution in [3.8, 4) is 0 Å². The first-order chi connectivity index (χ1) is 10.2. The average Bonchev–Trinajstić information content (AvgIpc) is 2.37. The van der Waals surface area contributed by atoms with Crippen molar-refractivity contribution in [1.29, 1.82) is 0 Å². The minimum absolute atomic E-state index is 0.300. The number of alkyl carbamates (subject to hydrolysis) is 1. The van der Waals surface area contributed by atoms with Crippen LogP contribution in [0.5, 0.6) is 0 Å². The first kappa shape index (κ1) is 17.8. The molecule has 0 heterocycles. The molecular weight excluding hydrogens is 282 g/mol. The Labute approximate surface area is 131 Å². The monoisotopic (exact) mass is 305 g/mol. The summed E-state index contributed by atoms with van der Waals surface area (Å²) >= 11 is 0. The van der Waals surface area contributed by atoms with Crippen molar-refractivity contribution in [2.24, 2.45) is 0 Å². The molecule has 0 aromatic heterocycles. The number of hydrogen-bond acceptors (Lipinski definition) is 3. The highest BCUT2D eigenvalue weighted by Gasteiger charge is 2.15. The van der Waals surface area contributed by atoms with Crippen molar-refractivity contribution < 1.29 is 19.4 Å². The second-order valence-corrected chi connectivity index (χ2v) is 5.94. The van der Waals surface area contributed by atoms with E-state index in [4.69, 9.17) is 9.84 Å². The van der Waals surface area contributed by atoms with Crippen LogP contribution in [0.15, 0.2) is 24.3 Å². The Balaban J connectivity index is 2.49. The first-order valence-electron chi connectivity index (χ1n) is 7.17. The third kappa shape index (κ3) is 5.99. The van der Waals surface area contributed by atoms with Crippen LogP contribution in [-0.2, 0) is 4.74 Å². The summed E-state index contributed by atoms with van der Waals surface area (Å²) in [6.07, 6.45) is 3.95. The van der Waals surface area contributed by atoms with Crippen molar-refractivity contribution in [3.05, 3.63) is 41.0 Å². The number of carboxylic acid groups (broad SMARTS) is 1. The van der Waals surface area contributed by atoms with Gasteiger partial charge >= 0.3 is 12.1 Å². The quantitative estimate of drug-likeness (QED) is 0.815. The van der Waals surface area contributed by atoms with Crippen LogP contribution in [0.4, 0.5) is 4.79 Å². The van der Waals surface area contributed by atoms with Crippen LogP contribution in [-0.4, -0.2) is 29.3 Å². The van der Waals surface area contributed by atoms with E-state index in [1.165, 1.54) is 0 Å². The first-order valence-corrected chi connectivity index (χ1v) is 7.17. The summed E-state index contributed by atoms with van der Waals surface area (Å²) in [5, 5.41) is 11.7. The van der Waals surface area contributed by atoms with Gasteiger partial charge < -0.3 is 15.2 Å². The van der Waals surface area contributed by atoms with Crippen molar-refractivity contribution >= 4 is 18.1 Å². The van der Waals surface area contributed by atoms with Crippen LogP contribution in [0.3, 0.4) is 0 Å². The van der Waals surface area contributed by atoms with Gasteiger partial charge in [0.25, 0.3) is 0 Å². The highest BCUT2D eigenvalue weighted by atomic mass is 16.6. The van der Waals surface area contributed by atoms with E-state index in [9.17, 15) is 9.59 Å². The highest BCUT2D eigenvalue weighted by molar-refractivity contribution is 5.90. The Morgan fingerprint density at radius 1 is 1.32 bits per heavy atom. The van der Waals surface area contributed by atoms with Crippen LogP contribution in [0.2, 0.25) is 0 Å². The van der Waals surface area contributed by atoms with Gasteiger partial charge in [-0.25, -0.2) is 9.59 Å². The third-order valence-electron chi connectivity index (χ3n) is 2.88. The van der Waals surface area contributed by atoms with Crippen LogP contribution < -0.4 is 5.32 Å². The Hall–Kier alpha value is -2.30. The molecule has 0 unspecified atom stereocenters. The number of benzene rings is 1. The molecule has 5 heteroatoms. The molecule has 0 saturated heterocycles. The van der Waals surface area contributed by atoms with Gasteiger partial charge in [0.1, 0.15) is 5.60 Å². The maximum atomic E-state index is 11.4. The molecule has 0 bridgehead atoms. The molecule has 2 N–H and O–H groups in total. The summed E-state index contributed by atoms with van der Waals surface area (Å²) in [6, 6.07) is 5.16. The number of ether oxygens (including phenoxy) is 1. The number of rotatable bonds is 5. The van der Waals surface area contributed by atoms with Gasteiger partial charge in [-0.15, -0.1) is 0 Å². The molecule has 0 radical (unpaired) electrons. The summed E-state index contributed by atoms with van der Waals surface area (Å²) in [7, 11) is 0. The Morgan fingerprint density at radius 2 is 2.00 bits per heavy atom. The minimum atomic E-state index is -0.931. The lowest BCUT2D eigenvalue weighted by Gasteiger charge is -2.19. The van der Waals surface area contributed by atoms with Crippen molar-refractivity contribution in [2.45, 2.75) is 39.7 Å². The fourth-order valence-corrected chi connectivity index (χ4v) is 1.85. The van der Waals surface area contributed by atoms with Gasteiger partial charge in [0.05, 0.1) is 5.56 Å². The number of carbonyl (C=O) groups is 2. The summed E-state index contributed by atoms with van der Waals surface area (Å²) in [5.41, 5.74) is 1.38. The largest absolute Gasteiger partial charge is 0.478 e. The highest BCUT2D eigenvalue weighted by Crippen LogP contribution is 2.15. The van der Waals surface area contributed by atoms with Crippen molar-refractivity contribution in [3.63, 3.8) is 0 Å². The zero-order chi connectivity index (χ0) is 16.8. The Morgan fingerprint density at radius 3 is 2.59 bits per heavy atom. The molecule has 120 valence electrons. The van der Waals surface area contributed by atoms with Crippen LogP contribution >= 0.6 is 0 Å². The lowest BCUT2D eigenvalue weighted by molar-refractivity contribution is 0.0528. The third-order valence-corrected chi connectivity index (χ3v) is 2.88. The van der Waals surface area contributed by atoms with Gasteiger partial charge in [-0.05, 0) is 51.3 Å². The molecular formula is C17H23NO4. The number of carbonyl (C=O) groups excluding carboxylic acids is 1. The van der Waals surface area contributed by atoms with Crippen LogP contribution in [0, 0.1) is 6.92 Å². The topological polar surface area (TPSA) is 75.6 Å². The Kier molecular flexibility index (Phi) is 6.16. The van der Waals surface area contributed by atoms with E-state index >= 15 is 0 Å². The maximum Gasteiger partial charge on any atom is 0.407 e. The van der Waals surface area contributed by atoms with Crippen LogP contribution in [0.1, 0.15) is 48.7 Å². The van der Waals surface area contributed by atoms with Gasteiger partial charge in [-0.1, -0.05) is 24.3 Å². The lowest BCUT2D eigenvalue weighted by Crippen LogP contribution is -2.32. The Bertz CT molecular complexity index is 571. The van der Waals surface area contributed by atoms with Crippen molar-refractivity contribution in [2.75, 3.05) is 6.54 Å². The summed E-state index contributed by atoms with van der Waals surface area (Å²) in [4.78, 5) is 22.5. The molecule has 1 aromatic rings. The number of aromatic carboxylic acids is 1. The van der Waals surface area contributed by atoms with E-state index in [2.05, 4.69) is 5.32 Å². The van der Waals surface area contributed by atoms with E-state index in [1.54, 1.807) is 19.1 Å². The fourth-order valence-electron chi connectivity index (χ4n) is 1.85. The summed E-state index contributed by atoms with van der Waals surface area (Å²) < 4.78 is 5.12. The predicted octanol–water partition coefficient (Wildman–Crippen LogP) is 3.62. The fraction of sp³-hybridized carbons (Fsp3) is 0.412. The normalized spacial score (nSPS) is 11.5. The van der Waals surface area contributed by atoms with Gasteiger partial charge in [0, 0.05) is 6.54 Å². The predicted molar refractivity (Wildman–Crippen MR) is 86.0 cm³/mol. The number of amides is 1. The van der Waals surface area contributed by atoms with Gasteiger partial charge in [0.15, 0.2) is 0 Å². The van der Waals surface area contributed by atoms with Gasteiger partial charge in [0.2, 0.25) is 0 Å². The molecule has 0 saturated carbocycles. The average molecular weight is 305 g/mol. The smallest absolute Gasteiger partial charge is 0.407 e. The van der Waals surface area contributed by atoms with E-state index in [0.29, 0.717) is 18.5 Å². The molecule has 0 fully saturated rings. The van der Waals surface area contributed by atoms with E-state index in [1.807, 2.05) is 39.0 Å². The zero-order valence-corrected chi connectivity index (χ0v) is 13.5. The lowest BCUT2D eigenvalue weighted by atomic mass is 10.0. The molecule has 1 aromatic carbocycles. The second kappa shape index (κ2) is 7.64. The molecule has 0 aliphatic rings. The summed E-state index contributed by atoms with van der Waals surface area (Å²) in [5.74, 6) is -0.931. The number of hydrogen-bond donors (Lipinski definition) is 2. The SMILES string of the molecule is Cc1c(C=CCCNC(=O)OC(C)(C)C)cccc1C(=O)O. The second-order valence-electron chi connectivity index (χ2n) is 5.94. The molecule has 1 rings (SSSR count). The number of nitrogens with one attached hydrogen (secondary N) is 1. The summed E-state index contributed by atoms with van der Waals surface area (Å²) in [6.45, 7) is 7.67. The molecule has 1 amide bonds. The van der Waals surface area contributed by atoms with Crippen LogP contribution in [0.25, 0.3) is 6.08 Å². The zero-order valence-electron chi connectivity index (χ0n) is 13.5. The van der Waals surface area contributed by atoms with E-state index in [-0.39, 0.29) is 0 Å². The van der Waals surface area contributed by atoms with Crippen molar-refractivity contribution in [1.82, 2.24) is 5.32 Å². The molecule has 0 aliphatic heterocycles. The van der Waals surface area contributed by atoms with E-state index in [0.717, 1.165) is 11.1 Å². The number of carboxylic acids is 1. The van der Waals surface area contributed by atoms with Gasteiger partial charge in [-0.2, -0.15) is 0 Å². The molecule has 0 spiro atoms. The van der Waals surface area contributed by atoms with E-state index < -0.39 is 17.7 Å². The molecule has 22 heavy (non-hydrogen) atoms. The standard InChI is InChI=1S/C17H23NO4/c1-12-13(9-7-10-14(12)15(19)20)8-5-6-11-18-16(21)22-17(2,3)4/h5,7-10H,6,11H2,1-4H3,(H,18,21)(H,19,20). The minimum Gasteiger partial charge on any atom is -0.478 e.